The second-order valence-electron chi connectivity index (χ2n) is 8.26. The molecule has 206 valence electrons. The number of methoxy groups -OCH3 is 1. The van der Waals surface area contributed by atoms with E-state index in [1.165, 1.54) is 19.2 Å². The summed E-state index contributed by atoms with van der Waals surface area (Å²) >= 11 is 1.10. The van der Waals surface area contributed by atoms with E-state index in [0.717, 1.165) is 11.8 Å². The van der Waals surface area contributed by atoms with Gasteiger partial charge >= 0.3 is 5.97 Å². The molecule has 2 amide bonds. The van der Waals surface area contributed by atoms with E-state index >= 15 is 0 Å². The van der Waals surface area contributed by atoms with Gasteiger partial charge in [-0.3, -0.25) is 14.2 Å². The molecule has 1 aromatic heterocycles. The first-order chi connectivity index (χ1) is 19.4. The maximum atomic E-state index is 14.1. The van der Waals surface area contributed by atoms with Gasteiger partial charge in [-0.25, -0.2) is 9.18 Å². The second kappa shape index (κ2) is 13.4. The van der Waals surface area contributed by atoms with Gasteiger partial charge in [0, 0.05) is 11.3 Å². The van der Waals surface area contributed by atoms with Gasteiger partial charge in [0.05, 0.1) is 37.3 Å². The van der Waals surface area contributed by atoms with Crippen LogP contribution in [0.15, 0.2) is 78.0 Å². The molecule has 0 aliphatic carbocycles. The van der Waals surface area contributed by atoms with Crippen LogP contribution in [-0.4, -0.2) is 52.0 Å². The second-order valence-corrected chi connectivity index (χ2v) is 9.20. The van der Waals surface area contributed by atoms with Crippen LogP contribution < -0.4 is 15.4 Å². The number of amides is 2. The summed E-state index contributed by atoms with van der Waals surface area (Å²) in [4.78, 5) is 37.1. The molecule has 12 heteroatoms. The van der Waals surface area contributed by atoms with E-state index in [9.17, 15) is 18.8 Å². The average molecular weight is 564 g/mol. The summed E-state index contributed by atoms with van der Waals surface area (Å²) in [6.45, 7) is 2.00. The van der Waals surface area contributed by atoms with Crippen molar-refractivity contribution in [3.05, 3.63) is 95.6 Å². The fraction of sp³-hybridized carbons (Fsp3) is 0.179. The summed E-state index contributed by atoms with van der Waals surface area (Å²) in [7, 11) is 1.54. The number of carbonyl (C=O) groups excluding carboxylic acids is 3. The third-order valence-electron chi connectivity index (χ3n) is 5.54. The Morgan fingerprint density at radius 3 is 2.38 bits per heavy atom. The molecule has 0 saturated carbocycles. The van der Waals surface area contributed by atoms with Gasteiger partial charge in [-0.05, 0) is 73.7 Å². The molecule has 0 saturated heterocycles. The molecule has 0 atom stereocenters. The number of carbonyl (C=O) groups is 3. The van der Waals surface area contributed by atoms with Crippen molar-refractivity contribution in [1.29, 1.82) is 0 Å². The van der Waals surface area contributed by atoms with Crippen molar-refractivity contribution in [1.82, 2.24) is 20.1 Å². The number of ether oxygens (including phenoxy) is 2. The zero-order chi connectivity index (χ0) is 28.5. The van der Waals surface area contributed by atoms with Crippen LogP contribution in [-0.2, 0) is 16.1 Å². The third kappa shape index (κ3) is 7.23. The molecular weight excluding hydrogens is 537 g/mol. The molecule has 0 bridgehead atoms. The van der Waals surface area contributed by atoms with E-state index < -0.39 is 11.8 Å². The molecule has 3 aromatic carbocycles. The van der Waals surface area contributed by atoms with E-state index in [1.54, 1.807) is 72.2 Å². The Kier molecular flexibility index (Phi) is 9.47. The number of nitrogens with zero attached hydrogens (tertiary/aromatic N) is 3. The van der Waals surface area contributed by atoms with Crippen molar-refractivity contribution >= 4 is 35.2 Å². The number of nitrogens with one attached hydrogen (secondary N) is 2. The minimum atomic E-state index is -0.459. The lowest BCUT2D eigenvalue weighted by molar-refractivity contribution is -0.113. The van der Waals surface area contributed by atoms with Crippen molar-refractivity contribution in [3.63, 3.8) is 0 Å². The predicted molar refractivity (Wildman–Crippen MR) is 147 cm³/mol. The highest BCUT2D eigenvalue weighted by atomic mass is 32.2. The van der Waals surface area contributed by atoms with E-state index in [2.05, 4.69) is 20.8 Å². The molecule has 4 rings (SSSR count). The molecule has 1 heterocycles. The highest BCUT2D eigenvalue weighted by molar-refractivity contribution is 7.99. The van der Waals surface area contributed by atoms with Gasteiger partial charge < -0.3 is 20.1 Å². The number of halogens is 1. The molecule has 4 aromatic rings. The summed E-state index contributed by atoms with van der Waals surface area (Å²) in [5, 5.41) is 14.2. The molecule has 0 aliphatic rings. The maximum absolute atomic E-state index is 14.1. The highest BCUT2D eigenvalue weighted by Gasteiger charge is 2.18. The normalized spacial score (nSPS) is 10.6. The highest BCUT2D eigenvalue weighted by Crippen LogP contribution is 2.23. The summed E-state index contributed by atoms with van der Waals surface area (Å²) in [6.07, 6.45) is 0. The fourth-order valence-electron chi connectivity index (χ4n) is 3.62. The number of hydrogen-bond donors (Lipinski definition) is 2. The number of anilines is 1. The third-order valence-corrected chi connectivity index (χ3v) is 6.47. The number of thioether (sulfide) groups is 1. The van der Waals surface area contributed by atoms with Crippen molar-refractivity contribution < 1.29 is 28.2 Å². The van der Waals surface area contributed by atoms with Gasteiger partial charge in [0.1, 0.15) is 11.6 Å². The largest absolute Gasteiger partial charge is 0.497 e. The maximum Gasteiger partial charge on any atom is 0.338 e. The average Bonchev–Trinajstić information content (AvgIpc) is 3.38. The predicted octanol–water partition coefficient (Wildman–Crippen LogP) is 4.25. The number of esters is 1. The molecule has 10 nitrogen and oxygen atoms in total. The van der Waals surface area contributed by atoms with Crippen LogP contribution in [0.3, 0.4) is 0 Å². The number of hydrogen-bond acceptors (Lipinski definition) is 8. The number of aromatic nitrogens is 3. The Morgan fingerprint density at radius 2 is 1.70 bits per heavy atom. The van der Waals surface area contributed by atoms with E-state index in [0.29, 0.717) is 39.2 Å². The van der Waals surface area contributed by atoms with E-state index in [1.807, 2.05) is 0 Å². The molecular formula is C28H26FN5O5S. The first kappa shape index (κ1) is 28.3. The molecule has 0 radical (unpaired) electrons. The van der Waals surface area contributed by atoms with Crippen LogP contribution >= 0.6 is 11.8 Å². The molecule has 0 unspecified atom stereocenters. The summed E-state index contributed by atoms with van der Waals surface area (Å²) < 4.78 is 25.7. The zero-order valence-corrected chi connectivity index (χ0v) is 22.5. The molecule has 0 spiro atoms. The molecule has 0 fully saturated rings. The molecule has 40 heavy (non-hydrogen) atoms. The van der Waals surface area contributed by atoms with Crippen molar-refractivity contribution in [2.75, 3.05) is 24.8 Å². The van der Waals surface area contributed by atoms with Crippen LogP contribution in [0.2, 0.25) is 0 Å². The first-order valence-electron chi connectivity index (χ1n) is 12.2. The Morgan fingerprint density at radius 1 is 0.975 bits per heavy atom. The van der Waals surface area contributed by atoms with Crippen LogP contribution in [0, 0.1) is 5.82 Å². The monoisotopic (exact) mass is 563 g/mol. The smallest absolute Gasteiger partial charge is 0.338 e. The number of rotatable bonds is 11. The van der Waals surface area contributed by atoms with Gasteiger partial charge in [-0.2, -0.15) is 0 Å². The number of benzene rings is 3. The van der Waals surface area contributed by atoms with Gasteiger partial charge in [0.15, 0.2) is 11.0 Å². The summed E-state index contributed by atoms with van der Waals surface area (Å²) in [5.41, 5.74) is 1.76. The molecule has 2 N–H and O–H groups in total. The lowest BCUT2D eigenvalue weighted by Crippen LogP contribution is -2.24. The Hall–Kier alpha value is -4.71. The quantitative estimate of drug-likeness (QED) is 0.205. The van der Waals surface area contributed by atoms with Crippen LogP contribution in [0.1, 0.15) is 33.5 Å². The summed E-state index contributed by atoms with van der Waals surface area (Å²) in [5.74, 6) is -0.601. The Labute approximate surface area is 233 Å². The fourth-order valence-corrected chi connectivity index (χ4v) is 4.39. The van der Waals surface area contributed by atoms with Gasteiger partial charge in [-0.1, -0.05) is 17.8 Å². The lowest BCUT2D eigenvalue weighted by Gasteiger charge is -2.11. The van der Waals surface area contributed by atoms with E-state index in [4.69, 9.17) is 9.47 Å². The molecule has 0 aliphatic heterocycles. The zero-order valence-electron chi connectivity index (χ0n) is 21.7. The first-order valence-corrected chi connectivity index (χ1v) is 13.2. The van der Waals surface area contributed by atoms with Gasteiger partial charge in [0.2, 0.25) is 5.91 Å². The minimum Gasteiger partial charge on any atom is -0.497 e. The van der Waals surface area contributed by atoms with Gasteiger partial charge in [-0.15, -0.1) is 10.2 Å². The van der Waals surface area contributed by atoms with E-state index in [-0.39, 0.29) is 30.7 Å². The van der Waals surface area contributed by atoms with Crippen LogP contribution in [0.4, 0.5) is 10.1 Å². The van der Waals surface area contributed by atoms with Crippen molar-refractivity contribution in [2.24, 2.45) is 0 Å². The SMILES string of the molecule is CCOC(=O)c1ccc(NC(=O)CSc2nnc(CNC(=O)c3ccc(OC)cc3)n2-c2cccc(F)c2)cc1. The van der Waals surface area contributed by atoms with Gasteiger partial charge in [0.25, 0.3) is 5.91 Å². The summed E-state index contributed by atoms with van der Waals surface area (Å²) in [6, 6.07) is 18.8. The van der Waals surface area contributed by atoms with Crippen molar-refractivity contribution in [2.45, 2.75) is 18.6 Å². The van der Waals surface area contributed by atoms with Crippen LogP contribution in [0.5, 0.6) is 5.75 Å². The standard InChI is InChI=1S/C28H26FN5O5S/c1-3-39-27(37)19-7-11-21(12-8-19)31-25(35)17-40-28-33-32-24(34(28)22-6-4-5-20(29)15-22)16-30-26(36)18-9-13-23(38-2)14-10-18/h4-15H,3,16-17H2,1-2H3,(H,30,36)(H,31,35). The minimum absolute atomic E-state index is 0.00788. The lowest BCUT2D eigenvalue weighted by atomic mass is 10.2. The Bertz CT molecular complexity index is 1490. The Balaban J connectivity index is 1.44. The topological polar surface area (TPSA) is 124 Å². The van der Waals surface area contributed by atoms with Crippen molar-refractivity contribution in [3.8, 4) is 11.4 Å². The van der Waals surface area contributed by atoms with Crippen LogP contribution in [0.25, 0.3) is 5.69 Å².